The number of carbonyl (C=O) groups excluding carboxylic acids is 1. The SMILES string of the molecule is CC(=O)Nc1cccc(-n2nnnc2SCCC#N)c1. The quantitative estimate of drug-likeness (QED) is 0.663. The monoisotopic (exact) mass is 288 g/mol. The second kappa shape index (κ2) is 6.68. The van der Waals surface area contributed by atoms with E-state index in [-0.39, 0.29) is 5.91 Å². The Bertz CT molecular complexity index is 647. The van der Waals surface area contributed by atoms with Gasteiger partial charge in [0.25, 0.3) is 0 Å². The van der Waals surface area contributed by atoms with Gasteiger partial charge in [0, 0.05) is 24.8 Å². The van der Waals surface area contributed by atoms with Crippen LogP contribution in [0, 0.1) is 11.3 Å². The van der Waals surface area contributed by atoms with E-state index < -0.39 is 0 Å². The van der Waals surface area contributed by atoms with E-state index in [0.29, 0.717) is 23.0 Å². The average molecular weight is 288 g/mol. The van der Waals surface area contributed by atoms with Crippen molar-refractivity contribution in [3.8, 4) is 11.8 Å². The lowest BCUT2D eigenvalue weighted by molar-refractivity contribution is -0.114. The smallest absolute Gasteiger partial charge is 0.221 e. The summed E-state index contributed by atoms with van der Waals surface area (Å²) in [6, 6.07) is 9.30. The van der Waals surface area contributed by atoms with Crippen molar-refractivity contribution in [1.29, 1.82) is 5.26 Å². The van der Waals surface area contributed by atoms with Crippen LogP contribution < -0.4 is 5.32 Å². The number of amides is 1. The van der Waals surface area contributed by atoms with Gasteiger partial charge in [0.15, 0.2) is 0 Å². The fourth-order valence-corrected chi connectivity index (χ4v) is 2.27. The molecule has 20 heavy (non-hydrogen) atoms. The summed E-state index contributed by atoms with van der Waals surface area (Å²) >= 11 is 1.41. The van der Waals surface area contributed by atoms with E-state index in [1.165, 1.54) is 18.7 Å². The minimum Gasteiger partial charge on any atom is -0.326 e. The van der Waals surface area contributed by atoms with E-state index in [0.717, 1.165) is 5.69 Å². The summed E-state index contributed by atoms with van der Waals surface area (Å²) < 4.78 is 1.58. The Morgan fingerprint density at radius 1 is 1.55 bits per heavy atom. The van der Waals surface area contributed by atoms with Crippen molar-refractivity contribution in [2.45, 2.75) is 18.5 Å². The molecular weight excluding hydrogens is 276 g/mol. The van der Waals surface area contributed by atoms with Gasteiger partial charge in [-0.05, 0) is 28.6 Å². The molecule has 0 aliphatic heterocycles. The maximum absolute atomic E-state index is 11.1. The number of rotatable bonds is 5. The first-order chi connectivity index (χ1) is 9.70. The van der Waals surface area contributed by atoms with Crippen LogP contribution in [0.2, 0.25) is 0 Å². The first kappa shape index (κ1) is 14.0. The molecule has 0 saturated carbocycles. The Hall–Kier alpha value is -2.40. The largest absolute Gasteiger partial charge is 0.326 e. The summed E-state index contributed by atoms with van der Waals surface area (Å²) in [5.41, 5.74) is 1.43. The standard InChI is InChI=1S/C12H12N6OS/c1-9(19)14-10-4-2-5-11(8-10)18-12(15-16-17-18)20-7-3-6-13/h2,4-5,8H,3,7H2,1H3,(H,14,19). The second-order valence-corrected chi connectivity index (χ2v) is 4.92. The van der Waals surface area contributed by atoms with Crippen molar-refractivity contribution in [2.75, 3.05) is 11.1 Å². The van der Waals surface area contributed by atoms with Gasteiger partial charge in [0.05, 0.1) is 11.8 Å². The minimum absolute atomic E-state index is 0.137. The molecule has 0 aliphatic carbocycles. The molecule has 0 fully saturated rings. The summed E-state index contributed by atoms with van der Waals surface area (Å²) in [7, 11) is 0. The zero-order valence-corrected chi connectivity index (χ0v) is 11.6. The fourth-order valence-electron chi connectivity index (χ4n) is 1.54. The molecule has 1 N–H and O–H groups in total. The number of aromatic nitrogens is 4. The third-order valence-corrected chi connectivity index (χ3v) is 3.22. The van der Waals surface area contributed by atoms with Gasteiger partial charge in [-0.15, -0.1) is 5.10 Å². The van der Waals surface area contributed by atoms with Crippen molar-refractivity contribution < 1.29 is 4.79 Å². The van der Waals surface area contributed by atoms with E-state index in [2.05, 4.69) is 26.9 Å². The Morgan fingerprint density at radius 3 is 3.15 bits per heavy atom. The number of tetrazole rings is 1. The lowest BCUT2D eigenvalue weighted by Crippen LogP contribution is -2.07. The summed E-state index contributed by atoms with van der Waals surface area (Å²) in [6.45, 7) is 1.45. The zero-order chi connectivity index (χ0) is 14.4. The van der Waals surface area contributed by atoms with Crippen LogP contribution in [0.3, 0.4) is 0 Å². The molecule has 7 nitrogen and oxygen atoms in total. The highest BCUT2D eigenvalue weighted by Crippen LogP contribution is 2.20. The third-order valence-electron chi connectivity index (χ3n) is 2.30. The van der Waals surface area contributed by atoms with Crippen molar-refractivity contribution in [3.63, 3.8) is 0 Å². The number of thioether (sulfide) groups is 1. The van der Waals surface area contributed by atoms with Gasteiger partial charge in [0.2, 0.25) is 11.1 Å². The van der Waals surface area contributed by atoms with E-state index in [1.807, 2.05) is 12.1 Å². The van der Waals surface area contributed by atoms with Gasteiger partial charge < -0.3 is 5.32 Å². The van der Waals surface area contributed by atoms with Gasteiger partial charge in [-0.25, -0.2) is 0 Å². The maximum Gasteiger partial charge on any atom is 0.221 e. The Labute approximate surface area is 120 Å². The van der Waals surface area contributed by atoms with Crippen LogP contribution in [0.5, 0.6) is 0 Å². The Balaban J connectivity index is 2.21. The highest BCUT2D eigenvalue weighted by atomic mass is 32.2. The lowest BCUT2D eigenvalue weighted by Gasteiger charge is -2.06. The van der Waals surface area contributed by atoms with Crippen molar-refractivity contribution in [1.82, 2.24) is 20.2 Å². The number of nitriles is 1. The lowest BCUT2D eigenvalue weighted by atomic mass is 10.3. The summed E-state index contributed by atoms with van der Waals surface area (Å²) in [6.07, 6.45) is 0.434. The van der Waals surface area contributed by atoms with E-state index in [1.54, 1.807) is 16.8 Å². The Morgan fingerprint density at radius 2 is 2.40 bits per heavy atom. The first-order valence-corrected chi connectivity index (χ1v) is 6.85. The molecule has 0 spiro atoms. The average Bonchev–Trinajstić information content (AvgIpc) is 2.87. The van der Waals surface area contributed by atoms with Crippen LogP contribution in [0.25, 0.3) is 5.69 Å². The molecule has 1 aromatic heterocycles. The molecule has 8 heteroatoms. The van der Waals surface area contributed by atoms with Crippen LogP contribution in [0.4, 0.5) is 5.69 Å². The predicted molar refractivity (Wildman–Crippen MR) is 74.4 cm³/mol. The number of anilines is 1. The van der Waals surface area contributed by atoms with Gasteiger partial charge in [-0.2, -0.15) is 9.94 Å². The fraction of sp³-hybridized carbons (Fsp3) is 0.250. The number of hydrogen-bond acceptors (Lipinski definition) is 6. The van der Waals surface area contributed by atoms with Crippen molar-refractivity contribution in [2.24, 2.45) is 0 Å². The first-order valence-electron chi connectivity index (χ1n) is 5.87. The minimum atomic E-state index is -0.137. The molecule has 0 unspecified atom stereocenters. The van der Waals surface area contributed by atoms with Gasteiger partial charge >= 0.3 is 0 Å². The van der Waals surface area contributed by atoms with Crippen LogP contribution in [-0.4, -0.2) is 31.9 Å². The number of nitrogens with one attached hydrogen (secondary N) is 1. The number of carbonyl (C=O) groups is 1. The molecule has 102 valence electrons. The van der Waals surface area contributed by atoms with Crippen LogP contribution >= 0.6 is 11.8 Å². The number of nitrogens with zero attached hydrogens (tertiary/aromatic N) is 5. The molecule has 0 saturated heterocycles. The van der Waals surface area contributed by atoms with Gasteiger partial charge in [-0.1, -0.05) is 17.8 Å². The van der Waals surface area contributed by atoms with E-state index in [4.69, 9.17) is 5.26 Å². The van der Waals surface area contributed by atoms with Gasteiger partial charge in [-0.3, -0.25) is 4.79 Å². The number of hydrogen-bond donors (Lipinski definition) is 1. The highest BCUT2D eigenvalue weighted by molar-refractivity contribution is 7.99. The number of benzene rings is 1. The van der Waals surface area contributed by atoms with Gasteiger partial charge in [0.1, 0.15) is 0 Å². The molecule has 2 rings (SSSR count). The zero-order valence-electron chi connectivity index (χ0n) is 10.8. The molecule has 1 heterocycles. The molecule has 0 aliphatic rings. The highest BCUT2D eigenvalue weighted by Gasteiger charge is 2.09. The van der Waals surface area contributed by atoms with Crippen molar-refractivity contribution >= 4 is 23.4 Å². The van der Waals surface area contributed by atoms with Crippen molar-refractivity contribution in [3.05, 3.63) is 24.3 Å². The molecule has 1 amide bonds. The summed E-state index contributed by atoms with van der Waals surface area (Å²) in [5.74, 6) is 0.491. The van der Waals surface area contributed by atoms with Crippen LogP contribution in [0.1, 0.15) is 13.3 Å². The van der Waals surface area contributed by atoms with Crippen LogP contribution in [0.15, 0.2) is 29.4 Å². The normalized spacial score (nSPS) is 10.0. The second-order valence-electron chi connectivity index (χ2n) is 3.86. The third kappa shape index (κ3) is 3.55. The molecule has 0 atom stereocenters. The Kier molecular flexibility index (Phi) is 4.68. The van der Waals surface area contributed by atoms with Crippen LogP contribution in [-0.2, 0) is 4.79 Å². The summed E-state index contributed by atoms with van der Waals surface area (Å²) in [4.78, 5) is 11.1. The topological polar surface area (TPSA) is 96.5 Å². The molecule has 0 bridgehead atoms. The van der Waals surface area contributed by atoms with E-state index >= 15 is 0 Å². The molecular formula is C12H12N6OS. The summed E-state index contributed by atoms with van der Waals surface area (Å²) in [5, 5.41) is 23.3. The predicted octanol–water partition coefficient (Wildman–Crippen LogP) is 1.63. The molecule has 2 aromatic rings. The molecule has 0 radical (unpaired) electrons. The van der Waals surface area contributed by atoms with E-state index in [9.17, 15) is 4.79 Å². The maximum atomic E-state index is 11.1. The molecule has 1 aromatic carbocycles.